The van der Waals surface area contributed by atoms with Gasteiger partial charge in [-0.3, -0.25) is 9.59 Å². The van der Waals surface area contributed by atoms with E-state index >= 15 is 0 Å². The first-order chi connectivity index (χ1) is 17.0. The number of ether oxygens (including phenoxy) is 2. The zero-order chi connectivity index (χ0) is 24.4. The Morgan fingerprint density at radius 1 is 1.06 bits per heavy atom. The lowest BCUT2D eigenvalue weighted by Crippen LogP contribution is -2.36. The molecule has 1 aliphatic heterocycles. The maximum Gasteiger partial charge on any atom is 0.387 e. The normalized spacial score (nSPS) is 17.3. The summed E-state index contributed by atoms with van der Waals surface area (Å²) in [5, 5.41) is 2.65. The Morgan fingerprint density at radius 2 is 1.83 bits per heavy atom. The van der Waals surface area contributed by atoms with Gasteiger partial charge in [-0.2, -0.15) is 8.78 Å². The fraction of sp³-hybridized carbons (Fsp3) is 0.308. The van der Waals surface area contributed by atoms with Crippen LogP contribution in [-0.2, 0) is 11.2 Å². The van der Waals surface area contributed by atoms with Crippen LogP contribution in [0.2, 0.25) is 0 Å². The minimum absolute atomic E-state index is 0.0122. The van der Waals surface area contributed by atoms with Gasteiger partial charge in [0.1, 0.15) is 11.3 Å². The largest absolute Gasteiger partial charge is 0.435 e. The Balaban J connectivity index is 1.38. The number of halogens is 2. The van der Waals surface area contributed by atoms with Crippen LogP contribution >= 0.6 is 0 Å². The number of fused-ring (bicyclic) bond motifs is 1. The number of amides is 1. The number of hydrogen-bond donors (Lipinski definition) is 1. The second kappa shape index (κ2) is 9.87. The molecule has 1 unspecified atom stereocenters. The van der Waals surface area contributed by atoms with Crippen molar-refractivity contribution in [3.05, 3.63) is 87.8 Å². The van der Waals surface area contributed by atoms with Crippen molar-refractivity contribution in [2.75, 3.05) is 36.5 Å². The number of alkyl halides is 2. The lowest BCUT2D eigenvalue weighted by Gasteiger charge is -2.30. The first-order valence-corrected chi connectivity index (χ1v) is 11.5. The molecule has 0 radical (unpaired) electrons. The minimum Gasteiger partial charge on any atom is -0.435 e. The third kappa shape index (κ3) is 4.77. The van der Waals surface area contributed by atoms with E-state index < -0.39 is 12.5 Å². The van der Waals surface area contributed by atoms with Crippen LogP contribution in [0.25, 0.3) is 0 Å². The zero-order valence-electron chi connectivity index (χ0n) is 19.0. The summed E-state index contributed by atoms with van der Waals surface area (Å²) < 4.78 is 36.1. The molecule has 2 aromatic carbocycles. The Labute approximate surface area is 200 Å². The summed E-state index contributed by atoms with van der Waals surface area (Å²) in [6.45, 7) is 0.152. The predicted octanol–water partition coefficient (Wildman–Crippen LogP) is 4.07. The molecule has 1 saturated heterocycles. The van der Waals surface area contributed by atoms with E-state index in [9.17, 15) is 18.4 Å². The van der Waals surface area contributed by atoms with Crippen LogP contribution in [0.3, 0.4) is 0 Å². The molecular formula is C26H25F2N3O4. The molecule has 0 spiro atoms. The maximum atomic E-state index is 13.3. The van der Waals surface area contributed by atoms with Crippen molar-refractivity contribution in [2.24, 2.45) is 0 Å². The van der Waals surface area contributed by atoms with Gasteiger partial charge in [0.25, 0.3) is 11.5 Å². The summed E-state index contributed by atoms with van der Waals surface area (Å²) in [5.74, 6) is -0.580. The van der Waals surface area contributed by atoms with Crippen molar-refractivity contribution in [1.29, 1.82) is 0 Å². The summed E-state index contributed by atoms with van der Waals surface area (Å²) in [5.41, 5.74) is 3.54. The molecule has 1 atom stereocenters. The number of morpholine rings is 1. The molecule has 0 bridgehead atoms. The molecule has 5 rings (SSSR count). The molecule has 1 aliphatic carbocycles. The van der Waals surface area contributed by atoms with Gasteiger partial charge in [0.15, 0.2) is 0 Å². The highest BCUT2D eigenvalue weighted by atomic mass is 19.3. The Morgan fingerprint density at radius 3 is 2.57 bits per heavy atom. The number of carbonyl (C=O) groups excluding carboxylic acids is 1. The summed E-state index contributed by atoms with van der Waals surface area (Å²) in [6.07, 6.45) is 3.34. The van der Waals surface area contributed by atoms with E-state index in [4.69, 9.17) is 4.74 Å². The molecule has 2 aliphatic rings. The maximum absolute atomic E-state index is 13.3. The Hall–Kier alpha value is -3.72. The lowest BCUT2D eigenvalue weighted by molar-refractivity contribution is -0.0498. The van der Waals surface area contributed by atoms with E-state index in [1.54, 1.807) is 16.8 Å². The van der Waals surface area contributed by atoms with Gasteiger partial charge in [-0.1, -0.05) is 12.1 Å². The molecule has 182 valence electrons. The zero-order valence-corrected chi connectivity index (χ0v) is 19.0. The predicted molar refractivity (Wildman–Crippen MR) is 128 cm³/mol. The standard InChI is InChI=1S/C26H25F2N3O4/c27-26(28)35-18-8-6-17(7-9-18)29-24(32)21-4-2-12-31(25(21)33)23-11-10-20-19(23)3-1-5-22(20)30-13-15-34-16-14-30/h1-9,12,23,26H,10-11,13-16H2,(H,29,32). The van der Waals surface area contributed by atoms with Crippen LogP contribution in [-0.4, -0.2) is 43.4 Å². The van der Waals surface area contributed by atoms with Gasteiger partial charge < -0.3 is 24.3 Å². The first-order valence-electron chi connectivity index (χ1n) is 11.5. The van der Waals surface area contributed by atoms with E-state index in [1.165, 1.54) is 41.6 Å². The van der Waals surface area contributed by atoms with Crippen LogP contribution in [0.5, 0.6) is 5.75 Å². The molecule has 0 saturated carbocycles. The smallest absolute Gasteiger partial charge is 0.387 e. The Kier molecular flexibility index (Phi) is 6.50. The van der Waals surface area contributed by atoms with E-state index in [-0.39, 0.29) is 22.9 Å². The molecule has 2 heterocycles. The van der Waals surface area contributed by atoms with Crippen molar-refractivity contribution < 1.29 is 23.0 Å². The fourth-order valence-electron chi connectivity index (χ4n) is 4.85. The quantitative estimate of drug-likeness (QED) is 0.575. The highest BCUT2D eigenvalue weighted by Crippen LogP contribution is 2.39. The van der Waals surface area contributed by atoms with E-state index in [2.05, 4.69) is 27.1 Å². The number of benzene rings is 2. The van der Waals surface area contributed by atoms with Gasteiger partial charge in [0.2, 0.25) is 0 Å². The SMILES string of the molecule is O=C(Nc1ccc(OC(F)F)cc1)c1cccn(C2CCc3c2cccc3N2CCOCC2)c1=O. The van der Waals surface area contributed by atoms with Crippen LogP contribution in [0, 0.1) is 0 Å². The lowest BCUT2D eigenvalue weighted by atomic mass is 10.0. The van der Waals surface area contributed by atoms with Crippen LogP contribution in [0.4, 0.5) is 20.2 Å². The van der Waals surface area contributed by atoms with E-state index in [0.29, 0.717) is 18.9 Å². The van der Waals surface area contributed by atoms with Crippen LogP contribution in [0.15, 0.2) is 65.6 Å². The molecule has 9 heteroatoms. The van der Waals surface area contributed by atoms with Gasteiger partial charge in [-0.05, 0) is 66.4 Å². The number of nitrogens with zero attached hydrogens (tertiary/aromatic N) is 2. The third-order valence-electron chi connectivity index (χ3n) is 6.46. The minimum atomic E-state index is -2.93. The van der Waals surface area contributed by atoms with E-state index in [0.717, 1.165) is 31.5 Å². The number of hydrogen-bond acceptors (Lipinski definition) is 5. The highest BCUT2D eigenvalue weighted by molar-refractivity contribution is 6.04. The summed E-state index contributed by atoms with van der Waals surface area (Å²) in [7, 11) is 0. The van der Waals surface area contributed by atoms with Crippen LogP contribution < -0.4 is 20.5 Å². The number of nitrogens with one attached hydrogen (secondary N) is 1. The number of aromatic nitrogens is 1. The first kappa shape index (κ1) is 23.0. The van der Waals surface area contributed by atoms with Gasteiger partial charge in [-0.15, -0.1) is 0 Å². The second-order valence-corrected chi connectivity index (χ2v) is 8.49. The highest BCUT2D eigenvalue weighted by Gasteiger charge is 2.29. The topological polar surface area (TPSA) is 72.8 Å². The molecule has 3 aromatic rings. The second-order valence-electron chi connectivity index (χ2n) is 8.49. The Bertz CT molecular complexity index is 1270. The van der Waals surface area contributed by atoms with Crippen molar-refractivity contribution in [1.82, 2.24) is 4.57 Å². The van der Waals surface area contributed by atoms with Gasteiger partial charge in [-0.25, -0.2) is 0 Å². The third-order valence-corrected chi connectivity index (χ3v) is 6.46. The van der Waals surface area contributed by atoms with E-state index in [1.807, 2.05) is 6.07 Å². The number of rotatable bonds is 6. The van der Waals surface area contributed by atoms with Crippen molar-refractivity contribution >= 4 is 17.3 Å². The molecule has 35 heavy (non-hydrogen) atoms. The summed E-state index contributed by atoms with van der Waals surface area (Å²) in [4.78, 5) is 28.5. The molecule has 1 aromatic heterocycles. The van der Waals surface area contributed by atoms with Crippen molar-refractivity contribution in [3.63, 3.8) is 0 Å². The fourth-order valence-corrected chi connectivity index (χ4v) is 4.85. The van der Waals surface area contributed by atoms with Crippen LogP contribution in [0.1, 0.15) is 33.9 Å². The van der Waals surface area contributed by atoms with Gasteiger partial charge >= 0.3 is 6.61 Å². The molecule has 1 amide bonds. The molecule has 1 N–H and O–H groups in total. The average Bonchev–Trinajstić information content (AvgIpc) is 3.30. The average molecular weight is 481 g/mol. The number of pyridine rings is 1. The monoisotopic (exact) mass is 481 g/mol. The summed E-state index contributed by atoms with van der Waals surface area (Å²) in [6, 6.07) is 14.8. The number of carbonyl (C=O) groups is 1. The van der Waals surface area contributed by atoms with Gasteiger partial charge in [0, 0.05) is 30.7 Å². The number of anilines is 2. The van der Waals surface area contributed by atoms with Gasteiger partial charge in [0.05, 0.1) is 19.3 Å². The van der Waals surface area contributed by atoms with Crippen molar-refractivity contribution in [2.45, 2.75) is 25.5 Å². The summed E-state index contributed by atoms with van der Waals surface area (Å²) >= 11 is 0. The molecule has 1 fully saturated rings. The van der Waals surface area contributed by atoms with Crippen molar-refractivity contribution in [3.8, 4) is 5.75 Å². The molecule has 7 nitrogen and oxygen atoms in total. The molecular weight excluding hydrogens is 456 g/mol.